The van der Waals surface area contributed by atoms with E-state index in [4.69, 9.17) is 0 Å². The molecule has 0 atom stereocenters. The van der Waals surface area contributed by atoms with E-state index in [1.54, 1.807) is 0 Å². The summed E-state index contributed by atoms with van der Waals surface area (Å²) in [6, 6.07) is 4.72. The maximum absolute atomic E-state index is 4.54. The van der Waals surface area contributed by atoms with Gasteiger partial charge in [0.1, 0.15) is 12.1 Å². The lowest BCUT2D eigenvalue weighted by Crippen LogP contribution is -2.22. The Morgan fingerprint density at radius 2 is 2.10 bits per heavy atom. The summed E-state index contributed by atoms with van der Waals surface area (Å²) >= 11 is 0. The Morgan fingerprint density at radius 3 is 2.95 bits per heavy atom. The van der Waals surface area contributed by atoms with Gasteiger partial charge in [0.25, 0.3) is 0 Å². The fourth-order valence-corrected chi connectivity index (χ4v) is 2.69. The Balaban J connectivity index is 1.86. The van der Waals surface area contributed by atoms with E-state index >= 15 is 0 Å². The number of aromatic nitrogens is 3. The highest BCUT2D eigenvalue weighted by Crippen LogP contribution is 2.22. The third-order valence-electron chi connectivity index (χ3n) is 3.80. The van der Waals surface area contributed by atoms with Gasteiger partial charge in [0.05, 0.1) is 5.69 Å². The van der Waals surface area contributed by atoms with Crippen molar-refractivity contribution in [3.63, 3.8) is 0 Å². The summed E-state index contributed by atoms with van der Waals surface area (Å²) in [4.78, 5) is 9.06. The molecule has 1 aliphatic rings. The van der Waals surface area contributed by atoms with Crippen molar-refractivity contribution in [2.24, 2.45) is 0 Å². The molecule has 0 bridgehead atoms. The van der Waals surface area contributed by atoms with Gasteiger partial charge in [-0.25, -0.2) is 9.97 Å². The molecule has 4 heteroatoms. The van der Waals surface area contributed by atoms with Crippen molar-refractivity contribution in [3.8, 4) is 5.82 Å². The lowest BCUT2D eigenvalue weighted by Gasteiger charge is -2.14. The molecule has 1 N–H and O–H groups in total. The summed E-state index contributed by atoms with van der Waals surface area (Å²) in [5.41, 5.74) is 3.86. The normalized spacial score (nSPS) is 14.6. The lowest BCUT2D eigenvalue weighted by molar-refractivity contribution is 0.588. The van der Waals surface area contributed by atoms with Crippen LogP contribution < -0.4 is 5.32 Å². The standard InChI is InChI=1S/C16H22N4/c1-12(2)18-10-13-7-8-17-16(9-13)20-11-19-14-5-3-4-6-15(14)20/h7-9,11-12,18H,3-6,10H2,1-2H3. The molecule has 0 fully saturated rings. The van der Waals surface area contributed by atoms with Crippen molar-refractivity contribution in [2.75, 3.05) is 0 Å². The van der Waals surface area contributed by atoms with E-state index in [9.17, 15) is 0 Å². The first-order valence-corrected chi connectivity index (χ1v) is 7.48. The van der Waals surface area contributed by atoms with Crippen LogP contribution in [0.25, 0.3) is 5.82 Å². The summed E-state index contributed by atoms with van der Waals surface area (Å²) in [7, 11) is 0. The summed E-state index contributed by atoms with van der Waals surface area (Å²) in [6.07, 6.45) is 8.56. The van der Waals surface area contributed by atoms with Crippen LogP contribution >= 0.6 is 0 Å². The smallest absolute Gasteiger partial charge is 0.138 e. The third-order valence-corrected chi connectivity index (χ3v) is 3.80. The fourth-order valence-electron chi connectivity index (χ4n) is 2.69. The van der Waals surface area contributed by atoms with Crippen LogP contribution in [0.1, 0.15) is 43.6 Å². The zero-order valence-corrected chi connectivity index (χ0v) is 12.3. The van der Waals surface area contributed by atoms with Gasteiger partial charge in [0, 0.05) is 24.5 Å². The summed E-state index contributed by atoms with van der Waals surface area (Å²) in [6.45, 7) is 5.20. The molecule has 0 aromatic carbocycles. The van der Waals surface area contributed by atoms with Gasteiger partial charge < -0.3 is 5.32 Å². The molecule has 2 aromatic heterocycles. The first-order chi connectivity index (χ1) is 9.74. The summed E-state index contributed by atoms with van der Waals surface area (Å²) < 4.78 is 2.16. The Hall–Kier alpha value is -1.68. The molecule has 0 amide bonds. The molecular weight excluding hydrogens is 248 g/mol. The Labute approximate surface area is 120 Å². The highest BCUT2D eigenvalue weighted by atomic mass is 15.1. The van der Waals surface area contributed by atoms with E-state index in [1.165, 1.54) is 29.8 Å². The number of aryl methyl sites for hydroxylation is 1. The van der Waals surface area contributed by atoms with Crippen LogP contribution in [0.5, 0.6) is 0 Å². The zero-order chi connectivity index (χ0) is 13.9. The topological polar surface area (TPSA) is 42.7 Å². The molecule has 0 unspecified atom stereocenters. The Morgan fingerprint density at radius 1 is 1.25 bits per heavy atom. The zero-order valence-electron chi connectivity index (χ0n) is 12.3. The predicted molar refractivity (Wildman–Crippen MR) is 80.0 cm³/mol. The molecule has 0 saturated heterocycles. The predicted octanol–water partition coefficient (Wildman–Crippen LogP) is 2.64. The van der Waals surface area contributed by atoms with Crippen molar-refractivity contribution in [1.82, 2.24) is 19.9 Å². The molecule has 2 heterocycles. The van der Waals surface area contributed by atoms with Crippen LogP contribution in [-0.2, 0) is 19.4 Å². The minimum absolute atomic E-state index is 0.493. The van der Waals surface area contributed by atoms with Crippen LogP contribution in [0, 0.1) is 0 Å². The van der Waals surface area contributed by atoms with Gasteiger partial charge in [-0.15, -0.1) is 0 Å². The van der Waals surface area contributed by atoms with Crippen molar-refractivity contribution < 1.29 is 0 Å². The number of fused-ring (bicyclic) bond motifs is 1. The molecule has 3 rings (SSSR count). The average molecular weight is 270 g/mol. The van der Waals surface area contributed by atoms with Gasteiger partial charge in [0.15, 0.2) is 0 Å². The van der Waals surface area contributed by atoms with Crippen molar-refractivity contribution in [2.45, 2.75) is 52.1 Å². The number of hydrogen-bond acceptors (Lipinski definition) is 3. The number of imidazole rings is 1. The van der Waals surface area contributed by atoms with Gasteiger partial charge in [-0.05, 0) is 43.4 Å². The first kappa shape index (κ1) is 13.3. The van der Waals surface area contributed by atoms with E-state index in [1.807, 2.05) is 12.5 Å². The number of nitrogens with one attached hydrogen (secondary N) is 1. The van der Waals surface area contributed by atoms with Crippen LogP contribution in [-0.4, -0.2) is 20.6 Å². The van der Waals surface area contributed by atoms with E-state index in [0.717, 1.165) is 25.2 Å². The average Bonchev–Trinajstić information content (AvgIpc) is 2.89. The quantitative estimate of drug-likeness (QED) is 0.928. The summed E-state index contributed by atoms with van der Waals surface area (Å²) in [5.74, 6) is 0.990. The highest BCUT2D eigenvalue weighted by molar-refractivity contribution is 5.33. The molecule has 0 spiro atoms. The van der Waals surface area contributed by atoms with Gasteiger partial charge >= 0.3 is 0 Å². The maximum atomic E-state index is 4.54. The maximum Gasteiger partial charge on any atom is 0.138 e. The molecular formula is C16H22N4. The number of nitrogens with zero attached hydrogens (tertiary/aromatic N) is 3. The Kier molecular flexibility index (Phi) is 3.83. The monoisotopic (exact) mass is 270 g/mol. The van der Waals surface area contributed by atoms with Gasteiger partial charge in [0.2, 0.25) is 0 Å². The Bertz CT molecular complexity index is 586. The van der Waals surface area contributed by atoms with E-state index < -0.39 is 0 Å². The van der Waals surface area contributed by atoms with Crippen LogP contribution in [0.2, 0.25) is 0 Å². The van der Waals surface area contributed by atoms with E-state index in [-0.39, 0.29) is 0 Å². The SMILES string of the molecule is CC(C)NCc1ccnc(-n2cnc3c2CCCC3)c1. The minimum Gasteiger partial charge on any atom is -0.310 e. The van der Waals surface area contributed by atoms with Crippen molar-refractivity contribution >= 4 is 0 Å². The largest absolute Gasteiger partial charge is 0.310 e. The first-order valence-electron chi connectivity index (χ1n) is 7.48. The van der Waals surface area contributed by atoms with E-state index in [0.29, 0.717) is 6.04 Å². The molecule has 2 aromatic rings. The third kappa shape index (κ3) is 2.75. The number of rotatable bonds is 4. The fraction of sp³-hybridized carbons (Fsp3) is 0.500. The van der Waals surface area contributed by atoms with Crippen LogP contribution in [0.3, 0.4) is 0 Å². The van der Waals surface area contributed by atoms with Gasteiger partial charge in [-0.1, -0.05) is 13.8 Å². The lowest BCUT2D eigenvalue weighted by atomic mass is 10.0. The second-order valence-electron chi connectivity index (χ2n) is 5.77. The number of pyridine rings is 1. The molecule has 0 radical (unpaired) electrons. The molecule has 0 saturated carbocycles. The van der Waals surface area contributed by atoms with E-state index in [2.05, 4.69) is 45.8 Å². The van der Waals surface area contributed by atoms with Gasteiger partial charge in [-0.3, -0.25) is 4.57 Å². The molecule has 0 aliphatic heterocycles. The van der Waals surface area contributed by atoms with Crippen molar-refractivity contribution in [3.05, 3.63) is 41.6 Å². The summed E-state index contributed by atoms with van der Waals surface area (Å²) in [5, 5.41) is 3.44. The molecule has 1 aliphatic carbocycles. The second kappa shape index (κ2) is 5.75. The molecule has 20 heavy (non-hydrogen) atoms. The number of hydrogen-bond donors (Lipinski definition) is 1. The van der Waals surface area contributed by atoms with Crippen LogP contribution in [0.4, 0.5) is 0 Å². The highest BCUT2D eigenvalue weighted by Gasteiger charge is 2.16. The molecule has 4 nitrogen and oxygen atoms in total. The molecule has 106 valence electrons. The van der Waals surface area contributed by atoms with Gasteiger partial charge in [-0.2, -0.15) is 0 Å². The minimum atomic E-state index is 0.493. The second-order valence-corrected chi connectivity index (χ2v) is 5.77. The van der Waals surface area contributed by atoms with Crippen molar-refractivity contribution in [1.29, 1.82) is 0 Å². The van der Waals surface area contributed by atoms with Crippen LogP contribution in [0.15, 0.2) is 24.7 Å².